The lowest BCUT2D eigenvalue weighted by Crippen LogP contribution is -2.44. The van der Waals surface area contributed by atoms with E-state index in [9.17, 15) is 19.0 Å². The third-order valence-corrected chi connectivity index (χ3v) is 8.99. The van der Waals surface area contributed by atoms with Gasteiger partial charge in [0, 0.05) is 36.7 Å². The minimum absolute atomic E-state index is 0.0861. The van der Waals surface area contributed by atoms with Gasteiger partial charge in [0.25, 0.3) is 0 Å². The summed E-state index contributed by atoms with van der Waals surface area (Å²) < 4.78 is 52.0. The number of nitrogens with one attached hydrogen (secondary N) is 1. The number of aliphatic hydroxyl groups excluding tert-OH is 1. The van der Waals surface area contributed by atoms with Crippen molar-refractivity contribution in [1.29, 1.82) is 0 Å². The van der Waals surface area contributed by atoms with Crippen LogP contribution in [0.15, 0.2) is 30.5 Å². The molecule has 3 atom stereocenters. The summed E-state index contributed by atoms with van der Waals surface area (Å²) in [4.78, 5) is 15.6. The van der Waals surface area contributed by atoms with Gasteiger partial charge in [-0.15, -0.1) is 6.42 Å². The molecule has 3 aliphatic heterocycles. The van der Waals surface area contributed by atoms with Crippen molar-refractivity contribution in [2.75, 3.05) is 37.8 Å². The molecule has 12 heteroatoms. The Labute approximate surface area is 251 Å². The van der Waals surface area contributed by atoms with E-state index in [-0.39, 0.29) is 63.8 Å². The number of rotatable bonds is 5. The number of phenolic OH excluding ortho intramolecular Hbond substituents is 1. The number of hydrogen-bond donors (Lipinski definition) is 3. The molecule has 3 N–H and O–H groups in total. The van der Waals surface area contributed by atoms with E-state index < -0.39 is 29.4 Å². The predicted octanol–water partition coefficient (Wildman–Crippen LogP) is 4.23. The summed E-state index contributed by atoms with van der Waals surface area (Å²) >= 11 is 0. The van der Waals surface area contributed by atoms with Crippen molar-refractivity contribution in [2.45, 2.75) is 49.9 Å². The van der Waals surface area contributed by atoms with Gasteiger partial charge in [-0.3, -0.25) is 14.9 Å². The van der Waals surface area contributed by atoms with E-state index >= 15 is 4.39 Å². The maximum absolute atomic E-state index is 16.7. The molecule has 9 nitrogen and oxygen atoms in total. The molecule has 3 aliphatic rings. The van der Waals surface area contributed by atoms with E-state index in [1.165, 1.54) is 30.5 Å². The van der Waals surface area contributed by atoms with Crippen molar-refractivity contribution < 1.29 is 28.1 Å². The molecule has 44 heavy (non-hydrogen) atoms. The van der Waals surface area contributed by atoms with Crippen LogP contribution >= 0.6 is 0 Å². The van der Waals surface area contributed by atoms with Gasteiger partial charge in [0.2, 0.25) is 0 Å². The van der Waals surface area contributed by atoms with E-state index in [4.69, 9.17) is 11.2 Å². The van der Waals surface area contributed by atoms with Crippen LogP contribution in [0.5, 0.6) is 11.8 Å². The summed E-state index contributed by atoms with van der Waals surface area (Å²) in [5.74, 6) is 0.903. The number of hydrazine groups is 1. The normalized spacial score (nSPS) is 24.0. The topological polar surface area (TPSA) is 107 Å². The molecule has 2 aromatic heterocycles. The molecule has 0 radical (unpaired) electrons. The third-order valence-electron chi connectivity index (χ3n) is 8.99. The molecule has 0 spiro atoms. The van der Waals surface area contributed by atoms with Crippen molar-refractivity contribution in [2.24, 2.45) is 0 Å². The first kappa shape index (κ1) is 28.6. The first-order valence-electron chi connectivity index (χ1n) is 14.8. The number of ether oxygens (including phenoxy) is 1. The summed E-state index contributed by atoms with van der Waals surface area (Å²) in [5, 5.41) is 23.5. The zero-order valence-corrected chi connectivity index (χ0v) is 23.9. The van der Waals surface area contributed by atoms with E-state index in [0.717, 1.165) is 25.8 Å². The maximum atomic E-state index is 16.7. The minimum Gasteiger partial charge on any atom is -0.508 e. The van der Waals surface area contributed by atoms with Crippen molar-refractivity contribution in [3.8, 4) is 35.4 Å². The van der Waals surface area contributed by atoms with Crippen LogP contribution in [0.25, 0.3) is 32.9 Å². The second kappa shape index (κ2) is 11.1. The van der Waals surface area contributed by atoms with Crippen LogP contribution in [0.4, 0.5) is 19.0 Å². The number of aromatic hydroxyl groups is 1. The number of alkyl halides is 1. The molecule has 1 unspecified atom stereocenters. The number of benzene rings is 2. The van der Waals surface area contributed by atoms with Crippen LogP contribution in [0.1, 0.15) is 37.7 Å². The lowest BCUT2D eigenvalue weighted by atomic mass is 9.95. The number of β-amino-alcohol motifs (C(OH)–C–C–N with tert-alkyl or cyclic N) is 1. The predicted molar refractivity (Wildman–Crippen MR) is 159 cm³/mol. The standard InChI is InChI=1S/C32H31F3N6O3/c1-2-22-25(34)7-6-18-11-21(43)12-23(26(18)22)28-27(35)29-24(14-36-28)30(41-16-20(42)5-3-9-37-41)39-31(38-29)44-17-32-8-4-10-40(32)15-19(33)13-32/h1,6-7,11-12,14,19-20,37,42-43H,3-5,8-10,13,15-17H2/t19-,20?,32+/m1/s1. The number of terminal acetylenes is 1. The van der Waals surface area contributed by atoms with Crippen LogP contribution in [-0.4, -0.2) is 80.7 Å². The molecule has 0 bridgehead atoms. The van der Waals surface area contributed by atoms with Crippen LogP contribution in [0.3, 0.4) is 0 Å². The monoisotopic (exact) mass is 604 g/mol. The zero-order valence-electron chi connectivity index (χ0n) is 23.9. The van der Waals surface area contributed by atoms with Crippen LogP contribution in [0.2, 0.25) is 0 Å². The van der Waals surface area contributed by atoms with Crippen molar-refractivity contribution in [3.63, 3.8) is 0 Å². The highest BCUT2D eigenvalue weighted by Gasteiger charge is 2.49. The summed E-state index contributed by atoms with van der Waals surface area (Å²) in [7, 11) is 0. The highest BCUT2D eigenvalue weighted by molar-refractivity contribution is 6.03. The number of hydrogen-bond acceptors (Lipinski definition) is 9. The molecule has 0 saturated carbocycles. The fourth-order valence-corrected chi connectivity index (χ4v) is 6.96. The van der Waals surface area contributed by atoms with Gasteiger partial charge >= 0.3 is 6.01 Å². The summed E-state index contributed by atoms with van der Waals surface area (Å²) in [6.45, 7) is 2.00. The summed E-state index contributed by atoms with van der Waals surface area (Å²) in [6.07, 6.45) is 8.79. The van der Waals surface area contributed by atoms with Gasteiger partial charge in [0.1, 0.15) is 35.6 Å². The molecule has 3 saturated heterocycles. The number of nitrogens with zero attached hydrogens (tertiary/aromatic N) is 5. The Morgan fingerprint density at radius 3 is 2.89 bits per heavy atom. The number of anilines is 1. The smallest absolute Gasteiger partial charge is 0.319 e. The first-order valence-corrected chi connectivity index (χ1v) is 14.8. The van der Waals surface area contributed by atoms with Gasteiger partial charge in [-0.2, -0.15) is 9.97 Å². The fraction of sp³-hybridized carbons (Fsp3) is 0.406. The largest absolute Gasteiger partial charge is 0.508 e. The molecule has 4 aromatic rings. The Morgan fingerprint density at radius 1 is 1.18 bits per heavy atom. The highest BCUT2D eigenvalue weighted by Crippen LogP contribution is 2.41. The molecular weight excluding hydrogens is 573 g/mol. The van der Waals surface area contributed by atoms with E-state index in [0.29, 0.717) is 31.3 Å². The Hall–Kier alpha value is -4.18. The molecule has 228 valence electrons. The molecule has 5 heterocycles. The lowest BCUT2D eigenvalue weighted by molar-refractivity contribution is 0.107. The van der Waals surface area contributed by atoms with Gasteiger partial charge in [-0.1, -0.05) is 12.0 Å². The molecule has 7 rings (SSSR count). The quantitative estimate of drug-likeness (QED) is 0.289. The van der Waals surface area contributed by atoms with E-state index in [1.54, 1.807) is 5.01 Å². The van der Waals surface area contributed by atoms with E-state index in [2.05, 4.69) is 31.2 Å². The first-order chi connectivity index (χ1) is 21.3. The Kier molecular flexibility index (Phi) is 7.19. The van der Waals surface area contributed by atoms with Gasteiger partial charge in [0.15, 0.2) is 11.6 Å². The maximum Gasteiger partial charge on any atom is 0.319 e. The molecular formula is C32H31F3N6O3. The van der Waals surface area contributed by atoms with Crippen LogP contribution in [0, 0.1) is 24.0 Å². The van der Waals surface area contributed by atoms with E-state index in [1.807, 2.05) is 0 Å². The number of phenols is 1. The number of aliphatic hydroxyl groups is 1. The average molecular weight is 605 g/mol. The Bertz CT molecular complexity index is 1820. The minimum atomic E-state index is -0.948. The fourth-order valence-electron chi connectivity index (χ4n) is 6.96. The SMILES string of the molecule is C#Cc1c(F)ccc2cc(O)cc(-c3ncc4c(N5CC(O)CCCN5)nc(OC[C@@]56CCCN5C[C@H](F)C6)nc4c3F)c12. The summed E-state index contributed by atoms with van der Waals surface area (Å²) in [6, 6.07) is 5.23. The third kappa shape index (κ3) is 4.85. The number of fused-ring (bicyclic) bond motifs is 3. The molecule has 2 aromatic carbocycles. The van der Waals surface area contributed by atoms with Gasteiger partial charge in [0.05, 0.1) is 29.1 Å². The van der Waals surface area contributed by atoms with Crippen molar-refractivity contribution >= 4 is 27.5 Å². The zero-order chi connectivity index (χ0) is 30.6. The Balaban J connectivity index is 1.38. The number of pyridine rings is 1. The van der Waals surface area contributed by atoms with Gasteiger partial charge < -0.3 is 14.9 Å². The molecule has 3 fully saturated rings. The number of halogens is 3. The average Bonchev–Trinajstić information content (AvgIpc) is 3.43. The van der Waals surface area contributed by atoms with Crippen LogP contribution in [-0.2, 0) is 0 Å². The lowest BCUT2D eigenvalue weighted by Gasteiger charge is -2.31. The highest BCUT2D eigenvalue weighted by atomic mass is 19.1. The number of aromatic nitrogens is 3. The second-order valence-electron chi connectivity index (χ2n) is 11.8. The van der Waals surface area contributed by atoms with Gasteiger partial charge in [-0.25, -0.2) is 18.6 Å². The second-order valence-corrected chi connectivity index (χ2v) is 11.8. The van der Waals surface area contributed by atoms with Crippen LogP contribution < -0.4 is 15.2 Å². The summed E-state index contributed by atoms with van der Waals surface area (Å²) in [5.41, 5.74) is 2.44. The van der Waals surface area contributed by atoms with Crippen molar-refractivity contribution in [3.05, 3.63) is 47.7 Å². The molecule has 0 amide bonds. The van der Waals surface area contributed by atoms with Crippen molar-refractivity contribution in [1.82, 2.24) is 25.3 Å². The van der Waals surface area contributed by atoms with Gasteiger partial charge in [-0.05, 0) is 55.8 Å². The molecule has 0 aliphatic carbocycles. The Morgan fingerprint density at radius 2 is 2.05 bits per heavy atom.